The molecule has 0 radical (unpaired) electrons. The SMILES string of the molecule is Cc1ccccc1S(=O)(=O)N1CCNC(=O)C1c1ccc(F)cc1. The van der Waals surface area contributed by atoms with Gasteiger partial charge in [-0.3, -0.25) is 4.79 Å². The maximum Gasteiger partial charge on any atom is 0.244 e. The van der Waals surface area contributed by atoms with Gasteiger partial charge in [0.05, 0.1) is 4.90 Å². The number of amides is 1. The number of hydrogen-bond donors (Lipinski definition) is 1. The van der Waals surface area contributed by atoms with Gasteiger partial charge in [0.25, 0.3) is 0 Å². The number of carbonyl (C=O) groups excluding carboxylic acids is 1. The number of rotatable bonds is 3. The maximum atomic E-state index is 13.2. The van der Waals surface area contributed by atoms with Gasteiger partial charge in [-0.2, -0.15) is 4.31 Å². The number of piperazine rings is 1. The lowest BCUT2D eigenvalue weighted by Crippen LogP contribution is -2.52. The van der Waals surface area contributed by atoms with E-state index in [-0.39, 0.29) is 18.0 Å². The van der Waals surface area contributed by atoms with Gasteiger partial charge in [-0.15, -0.1) is 0 Å². The summed E-state index contributed by atoms with van der Waals surface area (Å²) in [5.41, 5.74) is 1.05. The highest BCUT2D eigenvalue weighted by Crippen LogP contribution is 2.30. The fourth-order valence-corrected chi connectivity index (χ4v) is 4.64. The maximum absolute atomic E-state index is 13.2. The third-order valence-electron chi connectivity index (χ3n) is 4.03. The molecule has 1 heterocycles. The molecule has 1 N–H and O–H groups in total. The lowest BCUT2D eigenvalue weighted by molar-refractivity contribution is -0.126. The number of carbonyl (C=O) groups is 1. The standard InChI is InChI=1S/C17H17FN2O3S/c1-12-4-2-3-5-15(12)24(22,23)20-11-10-19-17(21)16(20)13-6-8-14(18)9-7-13/h2-9,16H,10-11H2,1H3,(H,19,21). The summed E-state index contributed by atoms with van der Waals surface area (Å²) < 4.78 is 40.5. The zero-order valence-corrected chi connectivity index (χ0v) is 13.9. The number of benzene rings is 2. The van der Waals surface area contributed by atoms with E-state index >= 15 is 0 Å². The molecule has 126 valence electrons. The Balaban J connectivity index is 2.08. The van der Waals surface area contributed by atoms with E-state index in [0.717, 1.165) is 0 Å². The molecule has 0 aromatic heterocycles. The molecule has 7 heteroatoms. The van der Waals surface area contributed by atoms with Crippen LogP contribution in [-0.2, 0) is 14.8 Å². The van der Waals surface area contributed by atoms with Crippen LogP contribution in [0.15, 0.2) is 53.4 Å². The second kappa shape index (κ2) is 6.33. The zero-order valence-electron chi connectivity index (χ0n) is 13.1. The van der Waals surface area contributed by atoms with Gasteiger partial charge in [0.15, 0.2) is 0 Å². The molecular weight excluding hydrogens is 331 g/mol. The first-order valence-electron chi connectivity index (χ1n) is 7.52. The van der Waals surface area contributed by atoms with Gasteiger partial charge < -0.3 is 5.32 Å². The molecule has 0 spiro atoms. The number of aryl methyl sites for hydroxylation is 1. The molecule has 1 aliphatic rings. The van der Waals surface area contributed by atoms with Crippen LogP contribution in [0.1, 0.15) is 17.2 Å². The van der Waals surface area contributed by atoms with E-state index in [1.807, 2.05) is 0 Å². The van der Waals surface area contributed by atoms with Crippen molar-refractivity contribution in [2.24, 2.45) is 0 Å². The van der Waals surface area contributed by atoms with Crippen LogP contribution in [0.4, 0.5) is 4.39 Å². The van der Waals surface area contributed by atoms with Crippen molar-refractivity contribution < 1.29 is 17.6 Å². The van der Waals surface area contributed by atoms with Crippen molar-refractivity contribution in [2.75, 3.05) is 13.1 Å². The Labute approximate surface area is 140 Å². The van der Waals surface area contributed by atoms with Crippen molar-refractivity contribution in [2.45, 2.75) is 17.9 Å². The third-order valence-corrected chi connectivity index (χ3v) is 6.06. The molecule has 1 fully saturated rings. The largest absolute Gasteiger partial charge is 0.353 e. The first kappa shape index (κ1) is 16.6. The number of hydrogen-bond acceptors (Lipinski definition) is 3. The first-order valence-corrected chi connectivity index (χ1v) is 8.96. The minimum absolute atomic E-state index is 0.157. The number of halogens is 1. The molecule has 1 unspecified atom stereocenters. The van der Waals surface area contributed by atoms with Crippen molar-refractivity contribution in [1.29, 1.82) is 0 Å². The Morgan fingerprint density at radius 3 is 2.46 bits per heavy atom. The zero-order chi connectivity index (χ0) is 17.3. The molecule has 0 saturated carbocycles. The lowest BCUT2D eigenvalue weighted by atomic mass is 10.0. The van der Waals surface area contributed by atoms with Gasteiger partial charge in [0.1, 0.15) is 11.9 Å². The smallest absolute Gasteiger partial charge is 0.244 e. The van der Waals surface area contributed by atoms with Crippen LogP contribution in [0.25, 0.3) is 0 Å². The van der Waals surface area contributed by atoms with Crippen LogP contribution >= 0.6 is 0 Å². The Kier molecular flexibility index (Phi) is 4.38. The summed E-state index contributed by atoms with van der Waals surface area (Å²) >= 11 is 0. The summed E-state index contributed by atoms with van der Waals surface area (Å²) in [5, 5.41) is 2.67. The number of nitrogens with zero attached hydrogens (tertiary/aromatic N) is 1. The van der Waals surface area contributed by atoms with Gasteiger partial charge in [-0.05, 0) is 36.2 Å². The van der Waals surface area contributed by atoms with Crippen molar-refractivity contribution in [1.82, 2.24) is 9.62 Å². The van der Waals surface area contributed by atoms with E-state index in [4.69, 9.17) is 0 Å². The highest BCUT2D eigenvalue weighted by molar-refractivity contribution is 7.89. The summed E-state index contributed by atoms with van der Waals surface area (Å²) in [6, 6.07) is 10.9. The molecule has 2 aromatic carbocycles. The molecule has 0 aliphatic carbocycles. The van der Waals surface area contributed by atoms with E-state index in [1.54, 1.807) is 25.1 Å². The quantitative estimate of drug-likeness (QED) is 0.923. The van der Waals surface area contributed by atoms with Gasteiger partial charge >= 0.3 is 0 Å². The van der Waals surface area contributed by atoms with Crippen LogP contribution < -0.4 is 5.32 Å². The second-order valence-electron chi connectivity index (χ2n) is 5.63. The summed E-state index contributed by atoms with van der Waals surface area (Å²) in [6.45, 7) is 2.11. The highest BCUT2D eigenvalue weighted by atomic mass is 32.2. The van der Waals surface area contributed by atoms with Crippen molar-refractivity contribution in [3.05, 3.63) is 65.5 Å². The van der Waals surface area contributed by atoms with Crippen molar-refractivity contribution >= 4 is 15.9 Å². The summed E-state index contributed by atoms with van der Waals surface area (Å²) in [6.07, 6.45) is 0. The van der Waals surface area contributed by atoms with Crippen LogP contribution in [0.2, 0.25) is 0 Å². The highest BCUT2D eigenvalue weighted by Gasteiger charge is 2.39. The van der Waals surface area contributed by atoms with E-state index < -0.39 is 27.8 Å². The van der Waals surface area contributed by atoms with Gasteiger partial charge in [-0.25, -0.2) is 12.8 Å². The summed E-state index contributed by atoms with van der Waals surface area (Å²) in [7, 11) is -3.85. The third kappa shape index (κ3) is 2.92. The first-order chi connectivity index (χ1) is 11.4. The normalized spacial score (nSPS) is 19.1. The van der Waals surface area contributed by atoms with Crippen LogP contribution in [-0.4, -0.2) is 31.7 Å². The molecule has 1 saturated heterocycles. The van der Waals surface area contributed by atoms with Gasteiger partial charge in [0.2, 0.25) is 15.9 Å². The van der Waals surface area contributed by atoms with Crippen molar-refractivity contribution in [3.63, 3.8) is 0 Å². The van der Waals surface area contributed by atoms with E-state index in [1.165, 1.54) is 34.6 Å². The molecule has 2 aromatic rings. The Morgan fingerprint density at radius 2 is 1.79 bits per heavy atom. The molecule has 0 bridgehead atoms. The van der Waals surface area contributed by atoms with E-state index in [2.05, 4.69) is 5.32 Å². The Hall–Kier alpha value is -2.25. The van der Waals surface area contributed by atoms with Gasteiger partial charge in [-0.1, -0.05) is 30.3 Å². The topological polar surface area (TPSA) is 66.5 Å². The minimum atomic E-state index is -3.85. The number of nitrogens with one attached hydrogen (secondary N) is 1. The summed E-state index contributed by atoms with van der Waals surface area (Å²) in [4.78, 5) is 12.5. The molecule has 1 amide bonds. The Bertz CT molecular complexity index is 866. The average Bonchev–Trinajstić information content (AvgIpc) is 2.56. The molecule has 1 atom stereocenters. The predicted octanol–water partition coefficient (Wildman–Crippen LogP) is 2.00. The molecular formula is C17H17FN2O3S. The average molecular weight is 348 g/mol. The molecule has 24 heavy (non-hydrogen) atoms. The lowest BCUT2D eigenvalue weighted by Gasteiger charge is -2.34. The molecule has 5 nitrogen and oxygen atoms in total. The number of sulfonamides is 1. The van der Waals surface area contributed by atoms with Gasteiger partial charge in [0, 0.05) is 13.1 Å². The fourth-order valence-electron chi connectivity index (χ4n) is 2.84. The van der Waals surface area contributed by atoms with Crippen molar-refractivity contribution in [3.8, 4) is 0 Å². The minimum Gasteiger partial charge on any atom is -0.353 e. The molecule has 3 rings (SSSR count). The Morgan fingerprint density at radius 1 is 1.12 bits per heavy atom. The van der Waals surface area contributed by atoms with E-state index in [9.17, 15) is 17.6 Å². The summed E-state index contributed by atoms with van der Waals surface area (Å²) in [5.74, 6) is -0.853. The van der Waals surface area contributed by atoms with E-state index in [0.29, 0.717) is 11.1 Å². The van der Waals surface area contributed by atoms with Crippen LogP contribution in [0.5, 0.6) is 0 Å². The molecule has 1 aliphatic heterocycles. The monoisotopic (exact) mass is 348 g/mol. The predicted molar refractivity (Wildman–Crippen MR) is 87.2 cm³/mol. The van der Waals surface area contributed by atoms with Crippen LogP contribution in [0, 0.1) is 12.7 Å². The second-order valence-corrected chi connectivity index (χ2v) is 7.49. The van der Waals surface area contributed by atoms with Crippen LogP contribution in [0.3, 0.4) is 0 Å². The fraction of sp³-hybridized carbons (Fsp3) is 0.235.